The first-order valence-electron chi connectivity index (χ1n) is 5.49. The predicted molar refractivity (Wildman–Crippen MR) is 60.7 cm³/mol. The lowest BCUT2D eigenvalue weighted by Crippen LogP contribution is -2.38. The quantitative estimate of drug-likeness (QED) is 0.779. The van der Waals surface area contributed by atoms with E-state index in [0.717, 1.165) is 24.3 Å². The molecule has 0 aliphatic carbocycles. The van der Waals surface area contributed by atoms with Crippen LogP contribution in [-0.2, 0) is 0 Å². The van der Waals surface area contributed by atoms with Gasteiger partial charge in [-0.1, -0.05) is 0 Å². The average molecular weight is 208 g/mol. The second-order valence-electron chi connectivity index (χ2n) is 4.15. The van der Waals surface area contributed by atoms with Crippen LogP contribution in [0.2, 0.25) is 0 Å². The molecule has 1 aliphatic rings. The van der Waals surface area contributed by atoms with Crippen LogP contribution < -0.4 is 10.6 Å². The van der Waals surface area contributed by atoms with E-state index < -0.39 is 0 Å². The standard InChI is InChI=1S/C12H17FN2/c1-9-7-10(13)4-5-12(9)15-11-3-2-6-14-8-11/h4-5,7,11,14-15H,2-3,6,8H2,1H3. The van der Waals surface area contributed by atoms with Gasteiger partial charge >= 0.3 is 0 Å². The summed E-state index contributed by atoms with van der Waals surface area (Å²) in [6, 6.07) is 5.37. The molecule has 0 amide bonds. The Labute approximate surface area is 89.9 Å². The van der Waals surface area contributed by atoms with Crippen molar-refractivity contribution in [3.8, 4) is 0 Å². The van der Waals surface area contributed by atoms with E-state index in [-0.39, 0.29) is 5.82 Å². The Hall–Kier alpha value is -1.09. The molecule has 0 bridgehead atoms. The Morgan fingerprint density at radius 1 is 1.47 bits per heavy atom. The van der Waals surface area contributed by atoms with E-state index in [2.05, 4.69) is 10.6 Å². The summed E-state index contributed by atoms with van der Waals surface area (Å²) in [5.41, 5.74) is 2.02. The van der Waals surface area contributed by atoms with Crippen LogP contribution >= 0.6 is 0 Å². The van der Waals surface area contributed by atoms with Crippen molar-refractivity contribution in [3.05, 3.63) is 29.6 Å². The van der Waals surface area contributed by atoms with Crippen LogP contribution in [0.5, 0.6) is 0 Å². The summed E-state index contributed by atoms with van der Waals surface area (Å²) in [5, 5.41) is 6.80. The zero-order chi connectivity index (χ0) is 10.7. The Balaban J connectivity index is 2.03. The summed E-state index contributed by atoms with van der Waals surface area (Å²) in [5.74, 6) is -0.167. The van der Waals surface area contributed by atoms with Crippen LogP contribution in [0.3, 0.4) is 0 Å². The number of rotatable bonds is 2. The lowest BCUT2D eigenvalue weighted by Gasteiger charge is -2.25. The number of piperidine rings is 1. The van der Waals surface area contributed by atoms with Crippen molar-refractivity contribution in [1.29, 1.82) is 0 Å². The van der Waals surface area contributed by atoms with Gasteiger partial charge in [-0.2, -0.15) is 0 Å². The molecule has 2 rings (SSSR count). The van der Waals surface area contributed by atoms with Gasteiger partial charge in [0.15, 0.2) is 0 Å². The van der Waals surface area contributed by atoms with E-state index in [1.807, 2.05) is 13.0 Å². The summed E-state index contributed by atoms with van der Waals surface area (Å²) in [6.07, 6.45) is 2.39. The fourth-order valence-corrected chi connectivity index (χ4v) is 1.98. The van der Waals surface area contributed by atoms with E-state index in [0.29, 0.717) is 6.04 Å². The predicted octanol–water partition coefficient (Wildman–Crippen LogP) is 2.30. The first-order valence-corrected chi connectivity index (χ1v) is 5.49. The Morgan fingerprint density at radius 3 is 3.00 bits per heavy atom. The zero-order valence-electron chi connectivity index (χ0n) is 9.02. The molecule has 82 valence electrons. The molecule has 0 saturated carbocycles. The molecule has 1 heterocycles. The number of hydrogen-bond donors (Lipinski definition) is 2. The van der Waals surface area contributed by atoms with E-state index >= 15 is 0 Å². The van der Waals surface area contributed by atoms with Crippen molar-refractivity contribution in [2.45, 2.75) is 25.8 Å². The lowest BCUT2D eigenvalue weighted by atomic mass is 10.1. The van der Waals surface area contributed by atoms with Crippen LogP contribution in [0.15, 0.2) is 18.2 Å². The minimum Gasteiger partial charge on any atom is -0.381 e. The third-order valence-electron chi connectivity index (χ3n) is 2.84. The first-order chi connectivity index (χ1) is 7.25. The molecule has 0 aromatic heterocycles. The van der Waals surface area contributed by atoms with E-state index in [4.69, 9.17) is 0 Å². The highest BCUT2D eigenvalue weighted by Crippen LogP contribution is 2.18. The van der Waals surface area contributed by atoms with Crippen molar-refractivity contribution in [2.75, 3.05) is 18.4 Å². The molecule has 1 aliphatic heterocycles. The largest absolute Gasteiger partial charge is 0.381 e. The third kappa shape index (κ3) is 2.69. The molecule has 15 heavy (non-hydrogen) atoms. The number of halogens is 1. The number of anilines is 1. The molecule has 1 unspecified atom stereocenters. The number of benzene rings is 1. The third-order valence-corrected chi connectivity index (χ3v) is 2.84. The van der Waals surface area contributed by atoms with Gasteiger partial charge in [0, 0.05) is 18.3 Å². The molecule has 2 N–H and O–H groups in total. The van der Waals surface area contributed by atoms with E-state index in [9.17, 15) is 4.39 Å². The molecule has 3 heteroatoms. The molecule has 1 aromatic carbocycles. The van der Waals surface area contributed by atoms with Crippen molar-refractivity contribution in [2.24, 2.45) is 0 Å². The average Bonchev–Trinajstić information content (AvgIpc) is 2.24. The highest BCUT2D eigenvalue weighted by Gasteiger charge is 2.13. The Morgan fingerprint density at radius 2 is 2.33 bits per heavy atom. The summed E-state index contributed by atoms with van der Waals surface area (Å²) in [6.45, 7) is 4.04. The number of aryl methyl sites for hydroxylation is 1. The van der Waals surface area contributed by atoms with Crippen LogP contribution in [0, 0.1) is 12.7 Å². The highest BCUT2D eigenvalue weighted by molar-refractivity contribution is 5.51. The molecular formula is C12H17FN2. The normalized spacial score (nSPS) is 21.3. The number of nitrogens with one attached hydrogen (secondary N) is 2. The summed E-state index contributed by atoms with van der Waals surface area (Å²) < 4.78 is 12.9. The fraction of sp³-hybridized carbons (Fsp3) is 0.500. The Kier molecular flexibility index (Phi) is 3.21. The van der Waals surface area contributed by atoms with Crippen LogP contribution in [0.1, 0.15) is 18.4 Å². The van der Waals surface area contributed by atoms with Crippen molar-refractivity contribution in [1.82, 2.24) is 5.32 Å². The van der Waals surface area contributed by atoms with Gasteiger partial charge in [-0.3, -0.25) is 0 Å². The van der Waals surface area contributed by atoms with Gasteiger partial charge in [0.05, 0.1) is 0 Å². The van der Waals surface area contributed by atoms with Crippen LogP contribution in [-0.4, -0.2) is 19.1 Å². The Bertz CT molecular complexity index is 332. The maximum Gasteiger partial charge on any atom is 0.123 e. The second-order valence-corrected chi connectivity index (χ2v) is 4.15. The van der Waals surface area contributed by atoms with Crippen LogP contribution in [0.25, 0.3) is 0 Å². The SMILES string of the molecule is Cc1cc(F)ccc1NC1CCCNC1. The van der Waals surface area contributed by atoms with E-state index in [1.54, 1.807) is 6.07 Å². The maximum absolute atomic E-state index is 12.9. The van der Waals surface area contributed by atoms with Gasteiger partial charge in [0.1, 0.15) is 5.82 Å². The van der Waals surface area contributed by atoms with Crippen molar-refractivity contribution in [3.63, 3.8) is 0 Å². The van der Waals surface area contributed by atoms with Gasteiger partial charge in [0.2, 0.25) is 0 Å². The monoisotopic (exact) mass is 208 g/mol. The lowest BCUT2D eigenvalue weighted by molar-refractivity contribution is 0.479. The molecular weight excluding hydrogens is 191 g/mol. The first kappa shape index (κ1) is 10.4. The molecule has 1 aromatic rings. The molecule has 1 fully saturated rings. The summed E-state index contributed by atoms with van der Waals surface area (Å²) >= 11 is 0. The minimum atomic E-state index is -0.167. The summed E-state index contributed by atoms with van der Waals surface area (Å²) in [4.78, 5) is 0. The number of hydrogen-bond acceptors (Lipinski definition) is 2. The van der Waals surface area contributed by atoms with E-state index in [1.165, 1.54) is 18.9 Å². The molecule has 0 radical (unpaired) electrons. The molecule has 1 saturated heterocycles. The van der Waals surface area contributed by atoms with Gasteiger partial charge in [0.25, 0.3) is 0 Å². The highest BCUT2D eigenvalue weighted by atomic mass is 19.1. The minimum absolute atomic E-state index is 0.167. The van der Waals surface area contributed by atoms with Crippen LogP contribution in [0.4, 0.5) is 10.1 Å². The van der Waals surface area contributed by atoms with Crippen molar-refractivity contribution < 1.29 is 4.39 Å². The maximum atomic E-state index is 12.9. The van der Waals surface area contributed by atoms with Gasteiger partial charge in [-0.15, -0.1) is 0 Å². The molecule has 1 atom stereocenters. The van der Waals surface area contributed by atoms with Gasteiger partial charge < -0.3 is 10.6 Å². The molecule has 0 spiro atoms. The zero-order valence-corrected chi connectivity index (χ0v) is 9.02. The van der Waals surface area contributed by atoms with Gasteiger partial charge in [-0.05, 0) is 50.1 Å². The second kappa shape index (κ2) is 4.62. The molecule has 2 nitrogen and oxygen atoms in total. The fourth-order valence-electron chi connectivity index (χ4n) is 1.98. The smallest absolute Gasteiger partial charge is 0.123 e. The summed E-state index contributed by atoms with van der Waals surface area (Å²) in [7, 11) is 0. The topological polar surface area (TPSA) is 24.1 Å². The van der Waals surface area contributed by atoms with Gasteiger partial charge in [-0.25, -0.2) is 4.39 Å². The van der Waals surface area contributed by atoms with Crippen molar-refractivity contribution >= 4 is 5.69 Å².